The van der Waals surface area contributed by atoms with Crippen LogP contribution in [0.3, 0.4) is 0 Å². The van der Waals surface area contributed by atoms with Crippen LogP contribution in [0.4, 0.5) is 5.00 Å². The Balaban J connectivity index is 1.41. The topological polar surface area (TPSA) is 54.9 Å². The Morgan fingerprint density at radius 2 is 1.48 bits per heavy atom. The minimum absolute atomic E-state index is 0.0333. The molecule has 0 saturated carbocycles. The van der Waals surface area contributed by atoms with E-state index < -0.39 is 5.41 Å². The van der Waals surface area contributed by atoms with Gasteiger partial charge in [0.15, 0.2) is 0 Å². The normalized spacial score (nSPS) is 23.1. The maximum atomic E-state index is 13.8. The van der Waals surface area contributed by atoms with Gasteiger partial charge in [0, 0.05) is 28.9 Å². The largest absolute Gasteiger partial charge is 0.314 e. The second-order valence-corrected chi connectivity index (χ2v) is 9.39. The zero-order valence-corrected chi connectivity index (χ0v) is 17.9. The maximum absolute atomic E-state index is 13.8. The molecule has 1 atom stereocenters. The van der Waals surface area contributed by atoms with Crippen LogP contribution in [0.15, 0.2) is 78.9 Å². The first-order valence-corrected chi connectivity index (χ1v) is 11.3. The van der Waals surface area contributed by atoms with E-state index in [1.807, 2.05) is 30.3 Å². The van der Waals surface area contributed by atoms with E-state index in [1.165, 1.54) is 33.8 Å². The van der Waals surface area contributed by atoms with Gasteiger partial charge in [-0.05, 0) is 35.6 Å². The number of aromatic nitrogens is 2. The summed E-state index contributed by atoms with van der Waals surface area (Å²) in [6, 6.07) is 27.1. The van der Waals surface area contributed by atoms with Crippen molar-refractivity contribution in [2.24, 2.45) is 5.41 Å². The summed E-state index contributed by atoms with van der Waals surface area (Å²) in [6.45, 7) is 2.11. The van der Waals surface area contributed by atoms with E-state index in [4.69, 9.17) is 0 Å². The Kier molecular flexibility index (Phi) is 4.08. The van der Waals surface area contributed by atoms with Crippen LogP contribution in [-0.2, 0) is 4.79 Å². The fraction of sp³-hybridized carbons (Fsp3) is 0.192. The maximum Gasteiger partial charge on any atom is 0.232 e. The summed E-state index contributed by atoms with van der Waals surface area (Å²) in [4.78, 5) is 13.8. The van der Waals surface area contributed by atoms with Crippen molar-refractivity contribution in [2.75, 3.05) is 5.32 Å². The molecule has 31 heavy (non-hydrogen) atoms. The van der Waals surface area contributed by atoms with Gasteiger partial charge >= 0.3 is 0 Å². The molecular weight excluding hydrogens is 402 g/mol. The van der Waals surface area contributed by atoms with E-state index in [-0.39, 0.29) is 17.7 Å². The molecule has 0 saturated heterocycles. The van der Waals surface area contributed by atoms with Crippen LogP contribution in [0.2, 0.25) is 0 Å². The average Bonchev–Trinajstić information content (AvgIpc) is 3.28. The van der Waals surface area contributed by atoms with E-state index in [2.05, 4.69) is 70.4 Å². The lowest BCUT2D eigenvalue weighted by molar-refractivity contribution is -0.126. The SMILES string of the molecule is CC1(C(=O)Nc2snnc2-c2ccccc2)CC2c3ccccc3C1c1ccccc12. The van der Waals surface area contributed by atoms with E-state index in [1.54, 1.807) is 0 Å². The highest BCUT2D eigenvalue weighted by molar-refractivity contribution is 7.10. The first kappa shape index (κ1) is 18.5. The number of nitrogens with one attached hydrogen (secondary N) is 1. The van der Waals surface area contributed by atoms with Crippen molar-refractivity contribution >= 4 is 22.4 Å². The highest BCUT2D eigenvalue weighted by Crippen LogP contribution is 2.61. The lowest BCUT2D eigenvalue weighted by atomic mass is 9.52. The molecular formula is C26H21N3OS. The third-order valence-corrected chi connectivity index (χ3v) is 7.55. The quantitative estimate of drug-likeness (QED) is 0.451. The second-order valence-electron chi connectivity index (χ2n) is 8.64. The predicted octanol–water partition coefficient (Wildman–Crippen LogP) is 5.83. The van der Waals surface area contributed by atoms with Crippen molar-refractivity contribution in [1.82, 2.24) is 9.59 Å². The third kappa shape index (κ3) is 2.70. The number of fused-ring (bicyclic) bond motifs is 1. The van der Waals surface area contributed by atoms with Crippen LogP contribution < -0.4 is 5.32 Å². The Morgan fingerprint density at radius 1 is 0.903 bits per heavy atom. The number of carbonyl (C=O) groups excluding carboxylic acids is 1. The van der Waals surface area contributed by atoms with Crippen molar-refractivity contribution in [3.8, 4) is 11.3 Å². The molecule has 3 aliphatic carbocycles. The van der Waals surface area contributed by atoms with Gasteiger partial charge in [0.25, 0.3) is 0 Å². The lowest BCUT2D eigenvalue weighted by Gasteiger charge is -2.50. The molecule has 152 valence electrons. The summed E-state index contributed by atoms with van der Waals surface area (Å²) >= 11 is 1.23. The van der Waals surface area contributed by atoms with Gasteiger partial charge in [0.1, 0.15) is 10.7 Å². The molecule has 0 radical (unpaired) electrons. The molecule has 0 aliphatic heterocycles. The Bertz CT molecular complexity index is 1250. The number of amides is 1. The van der Waals surface area contributed by atoms with Crippen LogP contribution in [-0.4, -0.2) is 15.5 Å². The molecule has 3 aliphatic rings. The first-order valence-electron chi connectivity index (χ1n) is 10.5. The van der Waals surface area contributed by atoms with Crippen LogP contribution in [0.25, 0.3) is 11.3 Å². The van der Waals surface area contributed by atoms with Gasteiger partial charge in [-0.2, -0.15) is 0 Å². The molecule has 4 nitrogen and oxygen atoms in total. The molecule has 7 rings (SSSR count). The van der Waals surface area contributed by atoms with E-state index in [0.29, 0.717) is 5.00 Å². The summed E-state index contributed by atoms with van der Waals surface area (Å²) in [6.07, 6.45) is 0.796. The van der Waals surface area contributed by atoms with Crippen LogP contribution >= 0.6 is 11.5 Å². The Morgan fingerprint density at radius 3 is 2.13 bits per heavy atom. The van der Waals surface area contributed by atoms with E-state index in [9.17, 15) is 4.79 Å². The number of benzene rings is 3. The smallest absolute Gasteiger partial charge is 0.232 e. The van der Waals surface area contributed by atoms with Crippen molar-refractivity contribution < 1.29 is 4.79 Å². The summed E-state index contributed by atoms with van der Waals surface area (Å²) in [5.74, 6) is 0.307. The molecule has 2 bridgehead atoms. The minimum atomic E-state index is -0.550. The van der Waals surface area contributed by atoms with Gasteiger partial charge in [0.05, 0.1) is 5.41 Å². The molecule has 0 spiro atoms. The van der Waals surface area contributed by atoms with Gasteiger partial charge in [-0.3, -0.25) is 4.79 Å². The first-order chi connectivity index (χ1) is 15.2. The molecule has 1 N–H and O–H groups in total. The zero-order valence-electron chi connectivity index (χ0n) is 17.1. The fourth-order valence-corrected chi connectivity index (χ4v) is 6.08. The van der Waals surface area contributed by atoms with Gasteiger partial charge in [-0.1, -0.05) is 83.4 Å². The summed E-state index contributed by atoms with van der Waals surface area (Å²) < 4.78 is 4.12. The predicted molar refractivity (Wildman–Crippen MR) is 123 cm³/mol. The summed E-state index contributed by atoms with van der Waals surface area (Å²) in [7, 11) is 0. The molecule has 0 fully saturated rings. The molecule has 1 aromatic heterocycles. The zero-order chi connectivity index (χ0) is 21.0. The van der Waals surface area contributed by atoms with Crippen LogP contribution in [0.5, 0.6) is 0 Å². The van der Waals surface area contributed by atoms with E-state index in [0.717, 1.165) is 17.7 Å². The molecule has 5 heteroatoms. The van der Waals surface area contributed by atoms with Gasteiger partial charge in [0.2, 0.25) is 5.91 Å². The standard InChI is InChI=1S/C26H21N3OS/c1-26(25(30)27-24-23(28-29-31-24)16-9-3-2-4-10-16)15-21-17-11-5-7-13-19(17)22(26)20-14-8-6-12-18(20)21/h2-14,21-22H,15H2,1H3,(H,27,30). The Hall–Kier alpha value is -3.31. The Labute approximate surface area is 185 Å². The van der Waals surface area contributed by atoms with Crippen molar-refractivity contribution in [3.63, 3.8) is 0 Å². The number of hydrogen-bond acceptors (Lipinski definition) is 4. The highest BCUT2D eigenvalue weighted by atomic mass is 32.1. The second kappa shape index (κ2) is 6.86. The van der Waals surface area contributed by atoms with Gasteiger partial charge < -0.3 is 5.32 Å². The van der Waals surface area contributed by atoms with Crippen LogP contribution in [0.1, 0.15) is 47.4 Å². The molecule has 3 aromatic carbocycles. The fourth-order valence-electron chi connectivity index (χ4n) is 5.49. The van der Waals surface area contributed by atoms with Gasteiger partial charge in [-0.15, -0.1) is 5.10 Å². The number of nitrogens with zero attached hydrogens (tertiary/aromatic N) is 2. The summed E-state index contributed by atoms with van der Waals surface area (Å²) in [5.41, 5.74) is 6.41. The number of hydrogen-bond donors (Lipinski definition) is 1. The minimum Gasteiger partial charge on any atom is -0.314 e. The number of rotatable bonds is 3. The van der Waals surface area contributed by atoms with Crippen molar-refractivity contribution in [1.29, 1.82) is 0 Å². The average molecular weight is 424 g/mol. The number of carbonyl (C=O) groups is 1. The van der Waals surface area contributed by atoms with Crippen molar-refractivity contribution in [3.05, 3.63) is 101 Å². The monoisotopic (exact) mass is 423 g/mol. The molecule has 1 heterocycles. The number of anilines is 1. The third-order valence-electron chi connectivity index (χ3n) is 6.91. The molecule has 1 amide bonds. The van der Waals surface area contributed by atoms with Gasteiger partial charge in [-0.25, -0.2) is 0 Å². The van der Waals surface area contributed by atoms with E-state index >= 15 is 0 Å². The summed E-state index contributed by atoms with van der Waals surface area (Å²) in [5, 5.41) is 8.19. The molecule has 1 unspecified atom stereocenters. The molecule has 4 aromatic rings. The van der Waals surface area contributed by atoms with Crippen LogP contribution in [0, 0.1) is 5.41 Å². The highest BCUT2D eigenvalue weighted by Gasteiger charge is 2.54. The lowest BCUT2D eigenvalue weighted by Crippen LogP contribution is -2.47. The van der Waals surface area contributed by atoms with Crippen molar-refractivity contribution in [2.45, 2.75) is 25.2 Å².